The molecule has 122 valence electrons. The Morgan fingerprint density at radius 2 is 1.41 bits per heavy atom. The molecule has 2 aliphatic rings. The van der Waals surface area contributed by atoms with Crippen LogP contribution in [0.5, 0.6) is 5.75 Å². The first kappa shape index (κ1) is 15.4. The Hall–Kier alpha value is -1.45. The lowest BCUT2D eigenvalue weighted by Crippen LogP contribution is -2.16. The predicted octanol–water partition coefficient (Wildman–Crippen LogP) is 4.35. The number of methoxy groups -OCH3 is 1. The Labute approximate surface area is 133 Å². The highest BCUT2D eigenvalue weighted by atomic mass is 16.5. The largest absolute Gasteiger partial charge is 0.494 e. The lowest BCUT2D eigenvalue weighted by atomic mass is 9.80. The standard InChI is InChI=1S/C18H29N3O/c1-22-17-14(12-8-4-2-5-9-12)15(19)18(20)21-16(17)13-10-6-3-7-11-13/h12-13H,2-11,19H2,1H3,(H2,20,21). The summed E-state index contributed by atoms with van der Waals surface area (Å²) in [4.78, 5) is 4.65. The van der Waals surface area contributed by atoms with E-state index in [2.05, 4.69) is 4.98 Å². The second-order valence-corrected chi connectivity index (χ2v) is 6.91. The third kappa shape index (κ3) is 2.88. The SMILES string of the molecule is COc1c(C2CCCCC2)nc(N)c(N)c1C1CCCCC1. The number of hydrogen-bond acceptors (Lipinski definition) is 4. The topological polar surface area (TPSA) is 74.2 Å². The first-order chi connectivity index (χ1) is 10.7. The molecule has 0 radical (unpaired) electrons. The van der Waals surface area contributed by atoms with Crippen molar-refractivity contribution in [2.24, 2.45) is 0 Å². The number of anilines is 2. The fraction of sp³-hybridized carbons (Fsp3) is 0.722. The summed E-state index contributed by atoms with van der Waals surface area (Å²) in [5.74, 6) is 2.40. The minimum atomic E-state index is 0.481. The normalized spacial score (nSPS) is 21.0. The van der Waals surface area contributed by atoms with Gasteiger partial charge in [0.2, 0.25) is 0 Å². The molecular weight excluding hydrogens is 274 g/mol. The Balaban J connectivity index is 2.04. The summed E-state index contributed by atoms with van der Waals surface area (Å²) in [6.07, 6.45) is 12.5. The number of pyridine rings is 1. The van der Waals surface area contributed by atoms with Crippen LogP contribution in [0, 0.1) is 0 Å². The molecule has 0 amide bonds. The number of nitrogens with zero attached hydrogens (tertiary/aromatic N) is 1. The second-order valence-electron chi connectivity index (χ2n) is 6.91. The molecule has 1 heterocycles. The van der Waals surface area contributed by atoms with Crippen molar-refractivity contribution in [3.05, 3.63) is 11.3 Å². The number of aromatic nitrogens is 1. The van der Waals surface area contributed by atoms with Crippen LogP contribution in [0.15, 0.2) is 0 Å². The van der Waals surface area contributed by atoms with Gasteiger partial charge in [0.25, 0.3) is 0 Å². The minimum Gasteiger partial charge on any atom is -0.494 e. The molecular formula is C18H29N3O. The Morgan fingerprint density at radius 1 is 0.864 bits per heavy atom. The summed E-state index contributed by atoms with van der Waals surface area (Å²) < 4.78 is 5.82. The van der Waals surface area contributed by atoms with E-state index in [0.29, 0.717) is 23.3 Å². The zero-order chi connectivity index (χ0) is 15.5. The van der Waals surface area contributed by atoms with E-state index < -0.39 is 0 Å². The first-order valence-corrected chi connectivity index (χ1v) is 8.85. The zero-order valence-corrected chi connectivity index (χ0v) is 13.7. The molecule has 2 saturated carbocycles. The summed E-state index contributed by atoms with van der Waals surface area (Å²) in [7, 11) is 1.76. The average molecular weight is 303 g/mol. The van der Waals surface area contributed by atoms with Crippen molar-refractivity contribution in [1.29, 1.82) is 0 Å². The number of rotatable bonds is 3. The van der Waals surface area contributed by atoms with Gasteiger partial charge in [-0.2, -0.15) is 0 Å². The molecule has 0 aliphatic heterocycles. The van der Waals surface area contributed by atoms with Gasteiger partial charge in [0.1, 0.15) is 11.6 Å². The van der Waals surface area contributed by atoms with Crippen LogP contribution >= 0.6 is 0 Å². The summed E-state index contributed by atoms with van der Waals surface area (Å²) in [5, 5.41) is 0. The van der Waals surface area contributed by atoms with Gasteiger partial charge in [-0.05, 0) is 31.6 Å². The van der Waals surface area contributed by atoms with E-state index in [-0.39, 0.29) is 0 Å². The minimum absolute atomic E-state index is 0.481. The highest BCUT2D eigenvalue weighted by Crippen LogP contribution is 2.47. The van der Waals surface area contributed by atoms with Crippen molar-refractivity contribution in [3.8, 4) is 5.75 Å². The lowest BCUT2D eigenvalue weighted by Gasteiger charge is -2.29. The molecule has 0 atom stereocenters. The van der Waals surface area contributed by atoms with E-state index >= 15 is 0 Å². The van der Waals surface area contributed by atoms with Gasteiger partial charge in [-0.3, -0.25) is 0 Å². The maximum absolute atomic E-state index is 6.32. The number of nitrogens with two attached hydrogens (primary N) is 2. The molecule has 4 nitrogen and oxygen atoms in total. The van der Waals surface area contributed by atoms with E-state index in [9.17, 15) is 0 Å². The van der Waals surface area contributed by atoms with Gasteiger partial charge >= 0.3 is 0 Å². The molecule has 3 rings (SSSR count). The van der Waals surface area contributed by atoms with Gasteiger partial charge in [0.15, 0.2) is 0 Å². The maximum atomic E-state index is 6.32. The van der Waals surface area contributed by atoms with E-state index in [0.717, 1.165) is 17.0 Å². The van der Waals surface area contributed by atoms with E-state index in [4.69, 9.17) is 16.2 Å². The maximum Gasteiger partial charge on any atom is 0.147 e. The van der Waals surface area contributed by atoms with Crippen molar-refractivity contribution < 1.29 is 4.74 Å². The van der Waals surface area contributed by atoms with Crippen LogP contribution in [-0.2, 0) is 0 Å². The molecule has 1 aromatic heterocycles. The van der Waals surface area contributed by atoms with Gasteiger partial charge in [-0.15, -0.1) is 0 Å². The van der Waals surface area contributed by atoms with Crippen molar-refractivity contribution in [3.63, 3.8) is 0 Å². The number of hydrogen-bond donors (Lipinski definition) is 2. The van der Waals surface area contributed by atoms with Gasteiger partial charge < -0.3 is 16.2 Å². The molecule has 2 fully saturated rings. The van der Waals surface area contributed by atoms with Crippen molar-refractivity contribution in [2.75, 3.05) is 18.6 Å². The van der Waals surface area contributed by atoms with Crippen LogP contribution in [0.25, 0.3) is 0 Å². The van der Waals surface area contributed by atoms with Crippen LogP contribution in [0.4, 0.5) is 11.5 Å². The number of nitrogen functional groups attached to an aromatic ring is 2. The van der Waals surface area contributed by atoms with Gasteiger partial charge in [0, 0.05) is 11.5 Å². The highest BCUT2D eigenvalue weighted by molar-refractivity contribution is 5.70. The Kier molecular flexibility index (Phi) is 4.74. The molecule has 0 unspecified atom stereocenters. The predicted molar refractivity (Wildman–Crippen MR) is 91.3 cm³/mol. The van der Waals surface area contributed by atoms with Crippen LogP contribution < -0.4 is 16.2 Å². The van der Waals surface area contributed by atoms with Crippen LogP contribution in [0.1, 0.15) is 87.3 Å². The summed E-state index contributed by atoms with van der Waals surface area (Å²) in [5.41, 5.74) is 15.4. The molecule has 1 aromatic rings. The molecule has 2 aliphatic carbocycles. The van der Waals surface area contributed by atoms with E-state index in [1.807, 2.05) is 0 Å². The fourth-order valence-electron chi connectivity index (χ4n) is 4.30. The fourth-order valence-corrected chi connectivity index (χ4v) is 4.30. The summed E-state index contributed by atoms with van der Waals surface area (Å²) in [6.45, 7) is 0. The molecule has 4 heteroatoms. The first-order valence-electron chi connectivity index (χ1n) is 8.85. The van der Waals surface area contributed by atoms with Crippen LogP contribution in [-0.4, -0.2) is 12.1 Å². The Bertz CT molecular complexity index is 518. The summed E-state index contributed by atoms with van der Waals surface area (Å²) >= 11 is 0. The van der Waals surface area contributed by atoms with Crippen LogP contribution in [0.2, 0.25) is 0 Å². The molecule has 22 heavy (non-hydrogen) atoms. The molecule has 0 spiro atoms. The van der Waals surface area contributed by atoms with Gasteiger partial charge in [0.05, 0.1) is 18.5 Å². The number of ether oxygens (including phenoxy) is 1. The second kappa shape index (κ2) is 6.76. The lowest BCUT2D eigenvalue weighted by molar-refractivity contribution is 0.365. The highest BCUT2D eigenvalue weighted by Gasteiger charge is 2.29. The third-order valence-electron chi connectivity index (χ3n) is 5.49. The zero-order valence-electron chi connectivity index (χ0n) is 13.7. The van der Waals surface area contributed by atoms with Gasteiger partial charge in [-0.1, -0.05) is 38.5 Å². The van der Waals surface area contributed by atoms with E-state index in [1.54, 1.807) is 7.11 Å². The average Bonchev–Trinajstić information content (AvgIpc) is 2.58. The summed E-state index contributed by atoms with van der Waals surface area (Å²) in [6, 6.07) is 0. The molecule has 4 N–H and O–H groups in total. The van der Waals surface area contributed by atoms with Crippen molar-refractivity contribution in [2.45, 2.75) is 76.0 Å². The quantitative estimate of drug-likeness (QED) is 0.870. The molecule has 0 bridgehead atoms. The Morgan fingerprint density at radius 3 is 1.95 bits per heavy atom. The third-order valence-corrected chi connectivity index (χ3v) is 5.49. The van der Waals surface area contributed by atoms with E-state index in [1.165, 1.54) is 64.2 Å². The van der Waals surface area contributed by atoms with Crippen molar-refractivity contribution in [1.82, 2.24) is 4.98 Å². The monoisotopic (exact) mass is 303 g/mol. The van der Waals surface area contributed by atoms with Crippen molar-refractivity contribution >= 4 is 11.5 Å². The van der Waals surface area contributed by atoms with Gasteiger partial charge in [-0.25, -0.2) is 4.98 Å². The van der Waals surface area contributed by atoms with Crippen LogP contribution in [0.3, 0.4) is 0 Å². The molecule has 0 saturated heterocycles. The molecule has 0 aromatic carbocycles. The smallest absolute Gasteiger partial charge is 0.147 e.